The molecule has 1 unspecified atom stereocenters. The number of hydrogen-bond donors (Lipinski definition) is 0. The van der Waals surface area contributed by atoms with Crippen molar-refractivity contribution in [2.75, 3.05) is 13.2 Å². The number of aryl methyl sites for hydroxylation is 1. The van der Waals surface area contributed by atoms with Gasteiger partial charge in [-0.15, -0.1) is 10.2 Å². The fraction of sp³-hybridized carbons (Fsp3) is 0.786. The molecule has 1 aromatic rings. The summed E-state index contributed by atoms with van der Waals surface area (Å²) in [6.45, 7) is 3.93. The first-order valence-electron chi connectivity index (χ1n) is 7.44. The van der Waals surface area contributed by atoms with E-state index in [1.807, 2.05) is 11.8 Å². The van der Waals surface area contributed by atoms with E-state index in [2.05, 4.69) is 10.2 Å². The van der Waals surface area contributed by atoms with Crippen molar-refractivity contribution in [3.05, 3.63) is 11.8 Å². The zero-order valence-electron chi connectivity index (χ0n) is 11.9. The minimum absolute atomic E-state index is 0.0617. The van der Waals surface area contributed by atoms with Gasteiger partial charge in [-0.1, -0.05) is 6.92 Å². The molecule has 2 aliphatic rings. The van der Waals surface area contributed by atoms with E-state index in [0.717, 1.165) is 38.7 Å². The molecule has 3 rings (SSSR count). The second kappa shape index (κ2) is 5.52. The van der Waals surface area contributed by atoms with E-state index in [9.17, 15) is 4.79 Å². The van der Waals surface area contributed by atoms with Crippen molar-refractivity contribution in [2.45, 2.75) is 57.6 Å². The molecule has 1 aromatic heterocycles. The molecule has 1 atom stereocenters. The van der Waals surface area contributed by atoms with Gasteiger partial charge in [0.2, 0.25) is 17.7 Å². The van der Waals surface area contributed by atoms with Gasteiger partial charge in [-0.05, 0) is 25.7 Å². The SMILES string of the molecule is CCc1nnc(CN2CCC3(CCCO3)CCC2=O)o1. The molecule has 0 N–H and O–H groups in total. The Morgan fingerprint density at radius 2 is 2.10 bits per heavy atom. The lowest BCUT2D eigenvalue weighted by Gasteiger charge is -2.26. The average molecular weight is 279 g/mol. The zero-order valence-corrected chi connectivity index (χ0v) is 11.9. The molecule has 0 bridgehead atoms. The van der Waals surface area contributed by atoms with Crippen molar-refractivity contribution < 1.29 is 13.9 Å². The second-order valence-corrected chi connectivity index (χ2v) is 5.64. The van der Waals surface area contributed by atoms with E-state index < -0.39 is 0 Å². The van der Waals surface area contributed by atoms with Gasteiger partial charge >= 0.3 is 0 Å². The number of carbonyl (C=O) groups excluding carboxylic acids is 1. The lowest BCUT2D eigenvalue weighted by Crippen LogP contribution is -2.32. The van der Waals surface area contributed by atoms with Gasteiger partial charge in [0.05, 0.1) is 12.1 Å². The van der Waals surface area contributed by atoms with E-state index >= 15 is 0 Å². The summed E-state index contributed by atoms with van der Waals surface area (Å²) in [5, 5.41) is 7.93. The Morgan fingerprint density at radius 1 is 1.25 bits per heavy atom. The Morgan fingerprint density at radius 3 is 2.80 bits per heavy atom. The lowest BCUT2D eigenvalue weighted by atomic mass is 9.92. The predicted octanol–water partition coefficient (Wildman–Crippen LogP) is 1.69. The van der Waals surface area contributed by atoms with Crippen LogP contribution in [-0.2, 0) is 22.5 Å². The number of ether oxygens (including phenoxy) is 1. The molecule has 1 amide bonds. The number of amides is 1. The first-order chi connectivity index (χ1) is 9.71. The third-order valence-corrected chi connectivity index (χ3v) is 4.31. The first-order valence-corrected chi connectivity index (χ1v) is 7.44. The van der Waals surface area contributed by atoms with Crippen molar-refractivity contribution in [3.8, 4) is 0 Å². The summed E-state index contributed by atoms with van der Waals surface area (Å²) in [5.41, 5.74) is -0.0617. The maximum absolute atomic E-state index is 12.2. The van der Waals surface area contributed by atoms with Crippen LogP contribution in [0.3, 0.4) is 0 Å². The Bertz CT molecular complexity index is 480. The minimum Gasteiger partial charge on any atom is -0.423 e. The Kier molecular flexibility index (Phi) is 3.74. The van der Waals surface area contributed by atoms with E-state index in [-0.39, 0.29) is 11.5 Å². The van der Waals surface area contributed by atoms with E-state index in [1.165, 1.54) is 0 Å². The fourth-order valence-electron chi connectivity index (χ4n) is 3.06. The Hall–Kier alpha value is -1.43. The van der Waals surface area contributed by atoms with Crippen LogP contribution in [-0.4, -0.2) is 39.8 Å². The van der Waals surface area contributed by atoms with Gasteiger partial charge in [0.1, 0.15) is 0 Å². The second-order valence-electron chi connectivity index (χ2n) is 5.64. The van der Waals surface area contributed by atoms with E-state index in [0.29, 0.717) is 31.3 Å². The summed E-state index contributed by atoms with van der Waals surface area (Å²) in [5.74, 6) is 1.31. The highest BCUT2D eigenvalue weighted by molar-refractivity contribution is 5.76. The number of carbonyl (C=O) groups is 1. The van der Waals surface area contributed by atoms with Crippen molar-refractivity contribution >= 4 is 5.91 Å². The maximum Gasteiger partial charge on any atom is 0.235 e. The molecule has 1 spiro atoms. The quantitative estimate of drug-likeness (QED) is 0.842. The molecule has 2 saturated heterocycles. The molecule has 110 valence electrons. The summed E-state index contributed by atoms with van der Waals surface area (Å²) < 4.78 is 11.4. The van der Waals surface area contributed by atoms with Gasteiger partial charge in [-0.2, -0.15) is 0 Å². The molecule has 0 aliphatic carbocycles. The van der Waals surface area contributed by atoms with Crippen LogP contribution in [0.2, 0.25) is 0 Å². The number of aromatic nitrogens is 2. The van der Waals surface area contributed by atoms with Crippen LogP contribution in [0.4, 0.5) is 0 Å². The third-order valence-electron chi connectivity index (χ3n) is 4.31. The Balaban J connectivity index is 1.65. The van der Waals surface area contributed by atoms with Crippen LogP contribution in [0.25, 0.3) is 0 Å². The van der Waals surface area contributed by atoms with Crippen LogP contribution in [0.5, 0.6) is 0 Å². The molecular weight excluding hydrogens is 258 g/mol. The molecule has 6 nitrogen and oxygen atoms in total. The third kappa shape index (κ3) is 2.70. The first kappa shape index (κ1) is 13.5. The molecule has 2 fully saturated rings. The minimum atomic E-state index is -0.0617. The summed E-state index contributed by atoms with van der Waals surface area (Å²) in [6.07, 6.45) is 5.21. The normalized spacial score (nSPS) is 27.2. The van der Waals surface area contributed by atoms with Gasteiger partial charge in [0.25, 0.3) is 0 Å². The highest BCUT2D eigenvalue weighted by Gasteiger charge is 2.38. The summed E-state index contributed by atoms with van der Waals surface area (Å²) >= 11 is 0. The van der Waals surface area contributed by atoms with Crippen molar-refractivity contribution in [2.24, 2.45) is 0 Å². The van der Waals surface area contributed by atoms with Gasteiger partial charge in [0.15, 0.2) is 0 Å². The topological polar surface area (TPSA) is 68.5 Å². The van der Waals surface area contributed by atoms with Crippen LogP contribution < -0.4 is 0 Å². The molecule has 0 aromatic carbocycles. The van der Waals surface area contributed by atoms with E-state index in [4.69, 9.17) is 9.15 Å². The van der Waals surface area contributed by atoms with Crippen LogP contribution >= 0.6 is 0 Å². The van der Waals surface area contributed by atoms with E-state index in [1.54, 1.807) is 0 Å². The van der Waals surface area contributed by atoms with Gasteiger partial charge in [-0.3, -0.25) is 4.79 Å². The Labute approximate surface area is 118 Å². The predicted molar refractivity (Wildman–Crippen MR) is 70.9 cm³/mol. The highest BCUT2D eigenvalue weighted by atomic mass is 16.5. The summed E-state index contributed by atoms with van der Waals surface area (Å²) in [6, 6.07) is 0. The van der Waals surface area contributed by atoms with Crippen molar-refractivity contribution in [1.82, 2.24) is 15.1 Å². The molecule has 3 heterocycles. The number of hydrogen-bond acceptors (Lipinski definition) is 5. The number of likely N-dealkylation sites (tertiary alicyclic amines) is 1. The van der Waals surface area contributed by atoms with Gasteiger partial charge < -0.3 is 14.1 Å². The van der Waals surface area contributed by atoms with Gasteiger partial charge in [-0.25, -0.2) is 0 Å². The average Bonchev–Trinajstić information content (AvgIpc) is 3.07. The summed E-state index contributed by atoms with van der Waals surface area (Å²) in [4.78, 5) is 14.0. The molecule has 20 heavy (non-hydrogen) atoms. The lowest BCUT2D eigenvalue weighted by molar-refractivity contribution is -0.131. The molecule has 2 aliphatic heterocycles. The molecule has 0 saturated carbocycles. The van der Waals surface area contributed by atoms with Crippen molar-refractivity contribution in [1.29, 1.82) is 0 Å². The standard InChI is InChI=1S/C14H21N3O3/c1-2-11-15-16-12(20-11)10-17-8-7-14(5-3-9-19-14)6-4-13(17)18/h2-10H2,1H3. The van der Waals surface area contributed by atoms with Crippen LogP contribution in [0, 0.1) is 0 Å². The maximum atomic E-state index is 12.2. The molecule has 0 radical (unpaired) electrons. The molecule has 6 heteroatoms. The van der Waals surface area contributed by atoms with Crippen molar-refractivity contribution in [3.63, 3.8) is 0 Å². The smallest absolute Gasteiger partial charge is 0.235 e. The van der Waals surface area contributed by atoms with Crippen LogP contribution in [0.1, 0.15) is 50.8 Å². The number of rotatable bonds is 3. The molecular formula is C14H21N3O3. The fourth-order valence-corrected chi connectivity index (χ4v) is 3.06. The largest absolute Gasteiger partial charge is 0.423 e. The monoisotopic (exact) mass is 279 g/mol. The zero-order chi connectivity index (χ0) is 14.0. The van der Waals surface area contributed by atoms with Crippen LogP contribution in [0.15, 0.2) is 4.42 Å². The van der Waals surface area contributed by atoms with Gasteiger partial charge in [0, 0.05) is 26.0 Å². The summed E-state index contributed by atoms with van der Waals surface area (Å²) in [7, 11) is 0. The highest BCUT2D eigenvalue weighted by Crippen LogP contribution is 2.36. The number of nitrogens with zero attached hydrogens (tertiary/aromatic N) is 3.